The number of rotatable bonds is 4. The second-order valence-electron chi connectivity index (χ2n) is 3.94. The van der Waals surface area contributed by atoms with E-state index >= 15 is 0 Å². The highest BCUT2D eigenvalue weighted by atomic mass is 79.9. The summed E-state index contributed by atoms with van der Waals surface area (Å²) in [6, 6.07) is 1.64. The van der Waals surface area contributed by atoms with Crippen LogP contribution in [0.1, 0.15) is 24.2 Å². The molecule has 0 aliphatic rings. The summed E-state index contributed by atoms with van der Waals surface area (Å²) in [5, 5.41) is 5.10. The largest absolute Gasteiger partial charge is 0.396 e. The molecule has 1 aromatic carbocycles. The molecule has 0 spiro atoms. The zero-order valence-corrected chi connectivity index (χ0v) is 12.2. The Hall–Kier alpha value is -1.63. The molecule has 0 saturated heterocycles. The Balaban J connectivity index is 2.84. The lowest BCUT2D eigenvalue weighted by atomic mass is 10.1. The maximum atomic E-state index is 13.2. The molecule has 0 aliphatic heterocycles. The van der Waals surface area contributed by atoms with E-state index in [1.807, 2.05) is 0 Å². The number of hydrogen-bond donors (Lipinski definition) is 3. The first kappa shape index (κ1) is 15.4. The normalized spacial score (nSPS) is 11.8. The van der Waals surface area contributed by atoms with Crippen LogP contribution >= 0.6 is 15.9 Å². The Morgan fingerprint density at radius 3 is 2.68 bits per heavy atom. The quantitative estimate of drug-likeness (QED) is 0.729. The maximum Gasteiger partial charge on any atom is 0.253 e. The van der Waals surface area contributed by atoms with Gasteiger partial charge in [-0.25, -0.2) is 4.39 Å². The van der Waals surface area contributed by atoms with Gasteiger partial charge < -0.3 is 16.4 Å². The predicted molar refractivity (Wildman–Crippen MR) is 74.1 cm³/mol. The van der Waals surface area contributed by atoms with Crippen molar-refractivity contribution in [2.45, 2.75) is 19.9 Å². The Morgan fingerprint density at radius 1 is 1.47 bits per heavy atom. The van der Waals surface area contributed by atoms with E-state index in [4.69, 9.17) is 5.73 Å². The first-order valence-corrected chi connectivity index (χ1v) is 6.49. The molecule has 1 unspecified atom stereocenters. The number of nitrogen functional groups attached to an aromatic ring is 1. The fourth-order valence-corrected chi connectivity index (χ4v) is 1.90. The summed E-state index contributed by atoms with van der Waals surface area (Å²) < 4.78 is 13.4. The summed E-state index contributed by atoms with van der Waals surface area (Å²) in [5.41, 5.74) is 5.46. The van der Waals surface area contributed by atoms with Crippen molar-refractivity contribution in [3.8, 4) is 0 Å². The summed E-state index contributed by atoms with van der Waals surface area (Å²) in [6.45, 7) is 3.82. The van der Waals surface area contributed by atoms with Gasteiger partial charge >= 0.3 is 0 Å². The lowest BCUT2D eigenvalue weighted by Crippen LogP contribution is -2.44. The van der Waals surface area contributed by atoms with Gasteiger partial charge in [0.05, 0.1) is 11.3 Å². The molecule has 4 N–H and O–H groups in total. The minimum absolute atomic E-state index is 0.126. The monoisotopic (exact) mass is 331 g/mol. The zero-order valence-electron chi connectivity index (χ0n) is 10.6. The van der Waals surface area contributed by atoms with E-state index in [0.29, 0.717) is 6.54 Å². The average Bonchev–Trinajstić information content (AvgIpc) is 2.33. The molecule has 1 aromatic rings. The number of nitrogens with one attached hydrogen (secondary N) is 2. The zero-order chi connectivity index (χ0) is 14.6. The van der Waals surface area contributed by atoms with Crippen molar-refractivity contribution >= 4 is 33.4 Å². The lowest BCUT2D eigenvalue weighted by Gasteiger charge is -2.14. The van der Waals surface area contributed by atoms with Gasteiger partial charge in [0.2, 0.25) is 5.91 Å². The van der Waals surface area contributed by atoms with Crippen LogP contribution in [0.4, 0.5) is 10.1 Å². The highest BCUT2D eigenvalue weighted by Crippen LogP contribution is 2.22. The highest BCUT2D eigenvalue weighted by molar-refractivity contribution is 9.10. The van der Waals surface area contributed by atoms with Gasteiger partial charge in [-0.1, -0.05) is 0 Å². The standard InChI is InChI=1S/C12H15BrFN3O2/c1-3-16-11(18)6(2)17-12(19)7-4-10(15)9(14)5-8(7)13/h4-6H,3,15H2,1-2H3,(H,16,18)(H,17,19). The second-order valence-corrected chi connectivity index (χ2v) is 4.80. The molecule has 0 aliphatic carbocycles. The van der Waals surface area contributed by atoms with Gasteiger partial charge in [-0.2, -0.15) is 0 Å². The van der Waals surface area contributed by atoms with E-state index in [9.17, 15) is 14.0 Å². The highest BCUT2D eigenvalue weighted by Gasteiger charge is 2.18. The van der Waals surface area contributed by atoms with Crippen LogP contribution in [-0.2, 0) is 4.79 Å². The SMILES string of the molecule is CCNC(=O)C(C)NC(=O)c1cc(N)c(F)cc1Br. The van der Waals surface area contributed by atoms with Crippen LogP contribution < -0.4 is 16.4 Å². The Labute approximate surface area is 118 Å². The number of carbonyl (C=O) groups excluding carboxylic acids is 2. The molecule has 0 radical (unpaired) electrons. The maximum absolute atomic E-state index is 13.2. The van der Waals surface area contributed by atoms with Crippen LogP contribution in [0.15, 0.2) is 16.6 Å². The van der Waals surface area contributed by atoms with E-state index in [-0.39, 0.29) is 21.6 Å². The molecular formula is C12H15BrFN3O2. The molecule has 1 rings (SSSR count). The van der Waals surface area contributed by atoms with Gasteiger partial charge in [0.15, 0.2) is 0 Å². The van der Waals surface area contributed by atoms with E-state index in [1.54, 1.807) is 13.8 Å². The number of nitrogens with two attached hydrogens (primary N) is 1. The number of benzene rings is 1. The second kappa shape index (κ2) is 6.51. The third-order valence-corrected chi connectivity index (χ3v) is 3.08. The van der Waals surface area contributed by atoms with Crippen LogP contribution in [0.2, 0.25) is 0 Å². The van der Waals surface area contributed by atoms with Crippen molar-refractivity contribution < 1.29 is 14.0 Å². The minimum atomic E-state index is -0.689. The van der Waals surface area contributed by atoms with Gasteiger partial charge in [-0.05, 0) is 41.9 Å². The van der Waals surface area contributed by atoms with E-state index in [0.717, 1.165) is 6.07 Å². The van der Waals surface area contributed by atoms with Crippen LogP contribution in [0.25, 0.3) is 0 Å². The van der Waals surface area contributed by atoms with Crippen LogP contribution in [-0.4, -0.2) is 24.4 Å². The number of carbonyl (C=O) groups is 2. The Bertz CT molecular complexity index is 508. The minimum Gasteiger partial charge on any atom is -0.396 e. The van der Waals surface area contributed by atoms with E-state index < -0.39 is 17.8 Å². The fraction of sp³-hybridized carbons (Fsp3) is 0.333. The molecule has 0 aromatic heterocycles. The predicted octanol–water partition coefficient (Wildman–Crippen LogP) is 1.42. The molecule has 0 heterocycles. The molecule has 19 heavy (non-hydrogen) atoms. The lowest BCUT2D eigenvalue weighted by molar-refractivity contribution is -0.122. The van der Waals surface area contributed by atoms with Crippen molar-refractivity contribution in [2.75, 3.05) is 12.3 Å². The summed E-state index contributed by atoms with van der Waals surface area (Å²) in [5.74, 6) is -1.40. The third kappa shape index (κ3) is 3.92. The topological polar surface area (TPSA) is 84.2 Å². The summed E-state index contributed by atoms with van der Waals surface area (Å²) >= 11 is 3.08. The molecule has 7 heteroatoms. The molecule has 0 fully saturated rings. The number of anilines is 1. The van der Waals surface area contributed by atoms with Crippen molar-refractivity contribution in [1.82, 2.24) is 10.6 Å². The van der Waals surface area contributed by atoms with Crippen molar-refractivity contribution in [1.29, 1.82) is 0 Å². The molecule has 5 nitrogen and oxygen atoms in total. The number of halogens is 2. The molecule has 0 bridgehead atoms. The molecule has 104 valence electrons. The number of likely N-dealkylation sites (N-methyl/N-ethyl adjacent to an activating group) is 1. The average molecular weight is 332 g/mol. The van der Waals surface area contributed by atoms with Crippen LogP contribution in [0, 0.1) is 5.82 Å². The summed E-state index contributed by atoms with van der Waals surface area (Å²) in [6.07, 6.45) is 0. The van der Waals surface area contributed by atoms with E-state index in [1.165, 1.54) is 6.07 Å². The number of hydrogen-bond acceptors (Lipinski definition) is 3. The molecule has 2 amide bonds. The van der Waals surface area contributed by atoms with Gasteiger partial charge in [0, 0.05) is 11.0 Å². The van der Waals surface area contributed by atoms with Crippen molar-refractivity contribution in [3.63, 3.8) is 0 Å². The Kier molecular flexibility index (Phi) is 5.29. The van der Waals surface area contributed by atoms with Gasteiger partial charge in [-0.15, -0.1) is 0 Å². The van der Waals surface area contributed by atoms with Gasteiger partial charge in [0.1, 0.15) is 11.9 Å². The molecular weight excluding hydrogens is 317 g/mol. The van der Waals surface area contributed by atoms with E-state index in [2.05, 4.69) is 26.6 Å². The molecule has 1 atom stereocenters. The number of amides is 2. The van der Waals surface area contributed by atoms with Gasteiger partial charge in [-0.3, -0.25) is 9.59 Å². The first-order valence-electron chi connectivity index (χ1n) is 5.69. The molecule has 0 saturated carbocycles. The van der Waals surface area contributed by atoms with Crippen LogP contribution in [0.5, 0.6) is 0 Å². The smallest absolute Gasteiger partial charge is 0.253 e. The van der Waals surface area contributed by atoms with Crippen molar-refractivity contribution in [2.24, 2.45) is 0 Å². The first-order chi connectivity index (χ1) is 8.86. The van der Waals surface area contributed by atoms with Gasteiger partial charge in [0.25, 0.3) is 5.91 Å². The Morgan fingerprint density at radius 2 is 2.11 bits per heavy atom. The van der Waals surface area contributed by atoms with Crippen molar-refractivity contribution in [3.05, 3.63) is 28.0 Å². The fourth-order valence-electron chi connectivity index (χ4n) is 1.41. The summed E-state index contributed by atoms with van der Waals surface area (Å²) in [7, 11) is 0. The third-order valence-electron chi connectivity index (χ3n) is 2.42. The summed E-state index contributed by atoms with van der Waals surface area (Å²) in [4.78, 5) is 23.4. The van der Waals surface area contributed by atoms with Crippen LogP contribution in [0.3, 0.4) is 0 Å².